The first-order chi connectivity index (χ1) is 63.3. The van der Waals surface area contributed by atoms with Gasteiger partial charge >= 0.3 is 22.8 Å². The average Bonchev–Trinajstić information content (AvgIpc) is 1.49. The van der Waals surface area contributed by atoms with E-state index in [-0.39, 0.29) is 144 Å². The van der Waals surface area contributed by atoms with Crippen molar-refractivity contribution in [2.75, 3.05) is 31.3 Å². The number of rotatable bonds is 30. The Labute approximate surface area is 772 Å². The van der Waals surface area contributed by atoms with Gasteiger partial charge in [0.05, 0.1) is 84.5 Å². The molecular weight excluding hydrogens is 1760 g/mol. The third kappa shape index (κ3) is 22.5. The number of hydrogen-bond acceptors (Lipinski definition) is 17. The van der Waals surface area contributed by atoms with Crippen molar-refractivity contribution in [1.29, 1.82) is 0 Å². The van der Waals surface area contributed by atoms with E-state index in [2.05, 4.69) is 0 Å². The number of ketones is 4. The molecule has 4 aromatic heterocycles. The van der Waals surface area contributed by atoms with Gasteiger partial charge < -0.3 is 33.9 Å². The third-order valence-corrected chi connectivity index (χ3v) is 27.3. The molecule has 8 aromatic carbocycles. The molecule has 0 spiro atoms. The highest BCUT2D eigenvalue weighted by Crippen LogP contribution is 2.54. The molecule has 0 radical (unpaired) electrons. The van der Waals surface area contributed by atoms with Crippen LogP contribution in [-0.4, -0.2) is 147 Å². The molecule has 32 heteroatoms. The van der Waals surface area contributed by atoms with Crippen molar-refractivity contribution in [3.63, 3.8) is 0 Å². The first-order valence-corrected chi connectivity index (χ1v) is 47.5. The number of aromatic nitrogens is 8. The van der Waals surface area contributed by atoms with Crippen LogP contribution in [0.15, 0.2) is 189 Å². The molecule has 7 atom stereocenters. The van der Waals surface area contributed by atoms with Crippen LogP contribution in [0.1, 0.15) is 240 Å². The molecule has 25 nitrogen and oxygen atoms in total. The summed E-state index contributed by atoms with van der Waals surface area (Å²) in [6, 6.07) is 46.8. The van der Waals surface area contributed by atoms with E-state index in [0.717, 1.165) is 25.7 Å². The third-order valence-electron chi connectivity index (χ3n) is 25.0. The summed E-state index contributed by atoms with van der Waals surface area (Å²) in [5, 5.41) is 19.9. The van der Waals surface area contributed by atoms with Gasteiger partial charge in [0.15, 0.2) is 33.0 Å². The van der Waals surface area contributed by atoms with E-state index in [0.29, 0.717) is 139 Å². The smallest absolute Gasteiger partial charge is 0.333 e. The molecule has 4 fully saturated rings. The highest BCUT2D eigenvalue weighted by molar-refractivity contribution is 7.92. The maximum atomic E-state index is 13.8. The number of nitrogens with zero attached hydrogens (tertiary/aromatic N) is 8. The van der Waals surface area contributed by atoms with Gasteiger partial charge in [0, 0.05) is 162 Å². The summed E-state index contributed by atoms with van der Waals surface area (Å²) < 4.78 is 142. The summed E-state index contributed by atoms with van der Waals surface area (Å²) in [5.74, 6) is -1.85. The topological polar surface area (TPSA) is 297 Å². The lowest BCUT2D eigenvalue weighted by atomic mass is 9.64. The first-order valence-electron chi connectivity index (χ1n) is 45.6. The van der Waals surface area contributed by atoms with Crippen LogP contribution >= 0.6 is 0 Å². The van der Waals surface area contributed by atoms with Crippen molar-refractivity contribution in [1.82, 2.24) is 36.5 Å². The lowest BCUT2D eigenvalue weighted by Crippen LogP contribution is -2.47. The Hall–Kier alpha value is -11.9. The van der Waals surface area contributed by atoms with Gasteiger partial charge in [-0.25, -0.2) is 53.9 Å². The molecule has 2 aliphatic heterocycles. The molecule has 4 aliphatic rings. The zero-order valence-corrected chi connectivity index (χ0v) is 78.7. The number of aliphatic hydroxyl groups is 2. The maximum Gasteiger partial charge on any atom is 0.333 e. The molecule has 0 amide bonds. The number of halogens is 6. The summed E-state index contributed by atoms with van der Waals surface area (Å²) in [6.45, 7) is 25.0. The standard InChI is InChI=1S/C26H29FN2O6S.C26H31FN2O4.C25H27F3N2O3.C25H31FN2O4/c1-17(27)35-21-5-3-4-20(13-21)29-22-7-6-18(24(30)14-26(2)15-36(32,33)16-26)12-23(22)28(25(29)31)19-8-10-34-11-9-19;1-16(2)28-23-13-19(25(31)14-18-7-4-5-10-24(18)30)11-12-22(23)29(26(28)32)20-8-6-9-21(15-20)33-17(3)27;1-15(2)29-21-10-17(22(31)12-24(4)13-25(27,28)14-24)8-9-20(21)30(23(29)32)18-6-5-7-19(11-18)33-16(3)26;1-15(2)19(14-29)12-24(30)18-9-10-22-23(11-18)27(16(3)4)25(31)28(22)20-7-6-8-21(13-20)32-17(5)26/h3-7,12-13,17,19H,8-11,14-16H2,1-2H3;6,8-9,11-13,15-18,24,30H,4-5,7,10,14H2,1-3H3;5-11,15-16H,12-14H2,1-4H3;6-11,13,15-17,19,29H,12,14H2,1-5H3/t;17?,18-,24+;;17?,19-/m.1.1/s1. The molecule has 716 valence electrons. The van der Waals surface area contributed by atoms with Crippen LogP contribution in [0.2, 0.25) is 0 Å². The van der Waals surface area contributed by atoms with Crippen LogP contribution in [0.25, 0.3) is 66.9 Å². The molecular formula is C102H118F6N8O17S. The van der Waals surface area contributed by atoms with E-state index in [9.17, 15) is 83.3 Å². The quantitative estimate of drug-likeness (QED) is 0.0312. The second-order valence-electron chi connectivity index (χ2n) is 37.6. The minimum absolute atomic E-state index is 0.00700. The van der Waals surface area contributed by atoms with Crippen LogP contribution < -0.4 is 41.7 Å². The highest BCUT2D eigenvalue weighted by Gasteiger charge is 2.54. The lowest BCUT2D eigenvalue weighted by molar-refractivity contribution is -0.152. The Kier molecular flexibility index (Phi) is 30.6. The van der Waals surface area contributed by atoms with Gasteiger partial charge in [0.25, 0.3) is 0 Å². The van der Waals surface area contributed by atoms with Gasteiger partial charge in [-0.05, 0) is 212 Å². The fourth-order valence-electron chi connectivity index (χ4n) is 19.0. The molecule has 134 heavy (non-hydrogen) atoms. The van der Waals surface area contributed by atoms with E-state index in [1.807, 2.05) is 62.3 Å². The number of alkyl halides is 6. The molecule has 0 bridgehead atoms. The van der Waals surface area contributed by atoms with Crippen LogP contribution in [-0.2, 0) is 14.6 Å². The Morgan fingerprint density at radius 1 is 0.433 bits per heavy atom. The van der Waals surface area contributed by atoms with E-state index in [1.54, 1.807) is 209 Å². The Bertz CT molecular complexity index is 6700. The molecule has 2 saturated heterocycles. The average molecular weight is 1870 g/mol. The SMILES string of the molecule is CC(F)Oc1cccc(-n2c(=O)n(C(C)C)c3cc(C(=O)CC4(C)CC(F)(F)C4)ccc32)c1.CC(F)Oc1cccc(-n2c(=O)n(C(C)C)c3cc(C(=O)C[C@H](CO)C(C)C)ccc32)c1.CC(F)Oc1cccc(-n2c(=O)n(C(C)C)c3cc(C(=O)C[C@H]4CCCC[C@@H]4O)ccc32)c1.CC(F)Oc1cccc(-n2c(=O)n(C3CCOCC3)c3cc(C(=O)CC4(C)CS(=O)(=O)C4)ccc32)c1. The van der Waals surface area contributed by atoms with Crippen molar-refractivity contribution in [2.45, 2.75) is 236 Å². The molecule has 2 aliphatic carbocycles. The largest absolute Gasteiger partial charge is 0.461 e. The second-order valence-corrected chi connectivity index (χ2v) is 39.7. The van der Waals surface area contributed by atoms with Gasteiger partial charge in [-0.3, -0.25) is 55.7 Å². The van der Waals surface area contributed by atoms with Gasteiger partial charge in [-0.2, -0.15) is 0 Å². The number of carbonyl (C=O) groups is 4. The molecule has 4 unspecified atom stereocenters. The number of fused-ring (bicyclic) bond motifs is 4. The summed E-state index contributed by atoms with van der Waals surface area (Å²) in [4.78, 5) is 106. The molecule has 2 N–H and O–H groups in total. The van der Waals surface area contributed by atoms with E-state index in [1.165, 1.54) is 32.3 Å². The number of ether oxygens (including phenoxy) is 5. The van der Waals surface area contributed by atoms with Crippen molar-refractivity contribution >= 4 is 77.1 Å². The Balaban J connectivity index is 0.000000152. The van der Waals surface area contributed by atoms with E-state index < -0.39 is 58.1 Å². The predicted octanol–water partition coefficient (Wildman–Crippen LogP) is 20.0. The zero-order chi connectivity index (χ0) is 97.1. The molecule has 2 saturated carbocycles. The van der Waals surface area contributed by atoms with Crippen molar-refractivity contribution < 1.29 is 87.8 Å². The highest BCUT2D eigenvalue weighted by atomic mass is 32.2. The summed E-state index contributed by atoms with van der Waals surface area (Å²) >= 11 is 0. The van der Waals surface area contributed by atoms with Gasteiger partial charge in [-0.1, -0.05) is 64.8 Å². The zero-order valence-electron chi connectivity index (χ0n) is 77.9. The first kappa shape index (κ1) is 99.6. The minimum Gasteiger partial charge on any atom is -0.461 e. The maximum absolute atomic E-state index is 13.8. The fraction of sp³-hybridized carbons (Fsp3) is 0.451. The summed E-state index contributed by atoms with van der Waals surface area (Å²) in [7, 11) is -3.06. The van der Waals surface area contributed by atoms with Crippen molar-refractivity contribution in [2.24, 2.45) is 28.6 Å². The molecule has 16 rings (SSSR count). The number of imidazole rings is 4. The Morgan fingerprint density at radius 3 is 1.10 bits per heavy atom. The van der Waals surface area contributed by atoms with Gasteiger partial charge in [0.1, 0.15) is 23.0 Å². The molecule has 6 heterocycles. The van der Waals surface area contributed by atoms with Crippen LogP contribution in [0.4, 0.5) is 26.3 Å². The van der Waals surface area contributed by atoms with Gasteiger partial charge in [-0.15, -0.1) is 0 Å². The normalized spacial score (nSPS) is 17.9. The Morgan fingerprint density at radius 2 is 0.769 bits per heavy atom. The number of sulfone groups is 1. The fourth-order valence-corrected chi connectivity index (χ4v) is 21.2. The summed E-state index contributed by atoms with van der Waals surface area (Å²) in [5.41, 5.74) is 6.68. The van der Waals surface area contributed by atoms with Gasteiger partial charge in [0.2, 0.25) is 31.4 Å². The minimum atomic E-state index is -3.06. The van der Waals surface area contributed by atoms with E-state index >= 15 is 0 Å². The number of aliphatic hydroxyl groups excluding tert-OH is 2. The number of benzene rings is 8. The van der Waals surface area contributed by atoms with Crippen molar-refractivity contribution in [3.8, 4) is 45.7 Å². The number of carbonyl (C=O) groups excluding carboxylic acids is 4. The summed E-state index contributed by atoms with van der Waals surface area (Å²) in [6.07, 6.45) is -1.28. The second kappa shape index (κ2) is 41.1. The predicted molar refractivity (Wildman–Crippen MR) is 503 cm³/mol. The van der Waals surface area contributed by atoms with Crippen LogP contribution in [0.5, 0.6) is 23.0 Å². The van der Waals surface area contributed by atoms with Crippen LogP contribution in [0, 0.1) is 28.6 Å². The number of hydrogen-bond donors (Lipinski definition) is 2. The monoisotopic (exact) mass is 1870 g/mol. The lowest BCUT2D eigenvalue weighted by Gasteiger charge is -2.44. The van der Waals surface area contributed by atoms with Crippen LogP contribution in [0.3, 0.4) is 0 Å². The number of Topliss-reactive ketones (excluding diaryl/α,β-unsaturated/α-hetero) is 4. The molecule has 12 aromatic rings. The van der Waals surface area contributed by atoms with Crippen molar-refractivity contribution in [3.05, 3.63) is 234 Å². The van der Waals surface area contributed by atoms with E-state index in [4.69, 9.17) is 23.7 Å².